The number of amides is 1. The molecule has 6 nitrogen and oxygen atoms in total. The Hall–Kier alpha value is -3.67. The number of pyridine rings is 1. The molecule has 0 bridgehead atoms. The largest absolute Gasteiger partial charge is 0.416 e. The molecule has 0 fully saturated rings. The summed E-state index contributed by atoms with van der Waals surface area (Å²) < 4.78 is 41.0. The van der Waals surface area contributed by atoms with E-state index in [9.17, 15) is 18.0 Å². The fourth-order valence-corrected chi connectivity index (χ4v) is 3.05. The molecule has 1 amide bonds. The minimum absolute atomic E-state index is 0.103. The summed E-state index contributed by atoms with van der Waals surface area (Å²) in [5.74, 6) is 2.62. The van der Waals surface area contributed by atoms with Crippen LogP contribution in [0.2, 0.25) is 0 Å². The number of rotatable bonds is 5. The fourth-order valence-electron chi connectivity index (χ4n) is 3.05. The van der Waals surface area contributed by atoms with E-state index in [1.54, 1.807) is 31.3 Å². The second-order valence-corrected chi connectivity index (χ2v) is 6.62. The SMILES string of the molecule is C#CCN(C(=O)c1cc(C)cc(C(F)(F)F)c1)C(C)c1ncnn1-c1ccccn1. The molecule has 2 aromatic heterocycles. The van der Waals surface area contributed by atoms with Crippen LogP contribution in [0, 0.1) is 19.3 Å². The zero-order valence-corrected chi connectivity index (χ0v) is 16.3. The molecule has 30 heavy (non-hydrogen) atoms. The highest BCUT2D eigenvalue weighted by Crippen LogP contribution is 2.31. The summed E-state index contributed by atoms with van der Waals surface area (Å²) >= 11 is 0. The van der Waals surface area contributed by atoms with Crippen molar-refractivity contribution in [2.75, 3.05) is 6.54 Å². The number of aromatic nitrogens is 4. The van der Waals surface area contributed by atoms with Gasteiger partial charge in [-0.05, 0) is 49.7 Å². The Morgan fingerprint density at radius 1 is 1.27 bits per heavy atom. The van der Waals surface area contributed by atoms with E-state index in [2.05, 4.69) is 21.0 Å². The highest BCUT2D eigenvalue weighted by molar-refractivity contribution is 5.95. The second kappa shape index (κ2) is 8.37. The number of hydrogen-bond donors (Lipinski definition) is 0. The molecule has 0 aliphatic carbocycles. The number of nitrogens with zero attached hydrogens (tertiary/aromatic N) is 5. The van der Waals surface area contributed by atoms with E-state index >= 15 is 0 Å². The Morgan fingerprint density at radius 2 is 2.03 bits per heavy atom. The molecule has 0 saturated carbocycles. The molecular formula is C21H18F3N5O. The van der Waals surface area contributed by atoms with Crippen molar-refractivity contribution in [2.45, 2.75) is 26.1 Å². The minimum Gasteiger partial charge on any atom is -0.318 e. The average Bonchev–Trinajstić information content (AvgIpc) is 3.20. The van der Waals surface area contributed by atoms with Crippen LogP contribution in [0.5, 0.6) is 0 Å². The lowest BCUT2D eigenvalue weighted by molar-refractivity contribution is -0.137. The first-order valence-corrected chi connectivity index (χ1v) is 8.97. The number of carbonyl (C=O) groups excluding carboxylic acids is 1. The van der Waals surface area contributed by atoms with Gasteiger partial charge in [0.15, 0.2) is 11.6 Å². The predicted octanol–water partition coefficient (Wildman–Crippen LogP) is 3.83. The first-order chi connectivity index (χ1) is 14.2. The Labute approximate surface area is 171 Å². The molecule has 0 N–H and O–H groups in total. The second-order valence-electron chi connectivity index (χ2n) is 6.62. The number of carbonyl (C=O) groups is 1. The van der Waals surface area contributed by atoms with Gasteiger partial charge in [0.1, 0.15) is 6.33 Å². The summed E-state index contributed by atoms with van der Waals surface area (Å²) in [6.45, 7) is 3.06. The Kier molecular flexibility index (Phi) is 5.87. The third-order valence-corrected chi connectivity index (χ3v) is 4.46. The van der Waals surface area contributed by atoms with Gasteiger partial charge in [-0.25, -0.2) is 9.97 Å². The van der Waals surface area contributed by atoms with Gasteiger partial charge >= 0.3 is 6.18 Å². The van der Waals surface area contributed by atoms with Gasteiger partial charge in [-0.3, -0.25) is 4.79 Å². The van der Waals surface area contributed by atoms with E-state index in [1.165, 1.54) is 28.9 Å². The van der Waals surface area contributed by atoms with E-state index in [0.29, 0.717) is 17.2 Å². The monoisotopic (exact) mass is 413 g/mol. The average molecular weight is 413 g/mol. The molecule has 1 aromatic carbocycles. The minimum atomic E-state index is -4.57. The maximum atomic E-state index is 13.2. The molecular weight excluding hydrogens is 395 g/mol. The van der Waals surface area contributed by atoms with Crippen LogP contribution >= 0.6 is 0 Å². The van der Waals surface area contributed by atoms with Crippen LogP contribution in [0.4, 0.5) is 13.2 Å². The van der Waals surface area contributed by atoms with Crippen LogP contribution in [0.3, 0.4) is 0 Å². The Bertz CT molecular complexity index is 1090. The number of halogens is 3. The van der Waals surface area contributed by atoms with Crippen LogP contribution in [0.25, 0.3) is 5.82 Å². The summed E-state index contributed by atoms with van der Waals surface area (Å²) in [5.41, 5.74) is -0.678. The molecule has 1 atom stereocenters. The third kappa shape index (κ3) is 4.33. The summed E-state index contributed by atoms with van der Waals surface area (Å²) in [7, 11) is 0. The molecule has 0 aliphatic rings. The van der Waals surface area contributed by atoms with Gasteiger partial charge in [0.05, 0.1) is 18.2 Å². The molecule has 0 saturated heterocycles. The number of hydrogen-bond acceptors (Lipinski definition) is 4. The van der Waals surface area contributed by atoms with Gasteiger partial charge in [-0.1, -0.05) is 12.0 Å². The van der Waals surface area contributed by atoms with Gasteiger partial charge in [-0.15, -0.1) is 6.42 Å². The smallest absolute Gasteiger partial charge is 0.318 e. The summed E-state index contributed by atoms with van der Waals surface area (Å²) in [5, 5.41) is 4.15. The molecule has 3 aromatic rings. The van der Waals surface area contributed by atoms with Crippen molar-refractivity contribution in [1.82, 2.24) is 24.6 Å². The Balaban J connectivity index is 2.00. The highest BCUT2D eigenvalue weighted by Gasteiger charge is 2.33. The maximum absolute atomic E-state index is 13.2. The van der Waals surface area contributed by atoms with Crippen molar-refractivity contribution in [1.29, 1.82) is 0 Å². The maximum Gasteiger partial charge on any atom is 0.416 e. The summed E-state index contributed by atoms with van der Waals surface area (Å²) in [6, 6.07) is 7.78. The first kappa shape index (κ1) is 21.0. The van der Waals surface area contributed by atoms with Crippen LogP contribution in [0.15, 0.2) is 48.9 Å². The van der Waals surface area contributed by atoms with E-state index in [4.69, 9.17) is 6.42 Å². The molecule has 0 spiro atoms. The topological polar surface area (TPSA) is 63.9 Å². The fraction of sp³-hybridized carbons (Fsp3) is 0.238. The molecule has 154 valence electrons. The van der Waals surface area contributed by atoms with Gasteiger partial charge < -0.3 is 4.90 Å². The number of alkyl halides is 3. The van der Waals surface area contributed by atoms with Gasteiger partial charge in [0, 0.05) is 11.8 Å². The molecule has 2 heterocycles. The quantitative estimate of drug-likeness (QED) is 0.597. The van der Waals surface area contributed by atoms with Crippen molar-refractivity contribution < 1.29 is 18.0 Å². The third-order valence-electron chi connectivity index (χ3n) is 4.46. The molecule has 9 heteroatoms. The van der Waals surface area contributed by atoms with Crippen LogP contribution in [0.1, 0.15) is 40.3 Å². The molecule has 3 rings (SSSR count). The lowest BCUT2D eigenvalue weighted by atomic mass is 10.0. The normalized spacial score (nSPS) is 12.3. The highest BCUT2D eigenvalue weighted by atomic mass is 19.4. The van der Waals surface area contributed by atoms with Crippen molar-refractivity contribution in [2.24, 2.45) is 0 Å². The Morgan fingerprint density at radius 3 is 2.67 bits per heavy atom. The van der Waals surface area contributed by atoms with Gasteiger partial charge in [0.25, 0.3) is 5.91 Å². The van der Waals surface area contributed by atoms with Crippen LogP contribution < -0.4 is 0 Å². The first-order valence-electron chi connectivity index (χ1n) is 8.97. The van der Waals surface area contributed by atoms with Crippen molar-refractivity contribution in [3.05, 3.63) is 71.4 Å². The van der Waals surface area contributed by atoms with Crippen molar-refractivity contribution >= 4 is 5.91 Å². The summed E-state index contributed by atoms with van der Waals surface area (Å²) in [4.78, 5) is 22.8. The standard InChI is InChI=1S/C21H18F3N5O/c1-4-9-28(20(30)16-10-14(2)11-17(12-16)21(22,23)24)15(3)19-26-13-27-29(19)18-7-5-6-8-25-18/h1,5-8,10-13,15H,9H2,2-3H3. The lowest BCUT2D eigenvalue weighted by Gasteiger charge is -2.27. The number of benzene rings is 1. The van der Waals surface area contributed by atoms with Crippen LogP contribution in [-0.4, -0.2) is 37.1 Å². The van der Waals surface area contributed by atoms with E-state index in [1.807, 2.05) is 0 Å². The number of terminal acetylenes is 1. The zero-order valence-electron chi connectivity index (χ0n) is 16.3. The molecule has 0 radical (unpaired) electrons. The van der Waals surface area contributed by atoms with E-state index in [-0.39, 0.29) is 12.1 Å². The van der Waals surface area contributed by atoms with Crippen molar-refractivity contribution in [3.63, 3.8) is 0 Å². The van der Waals surface area contributed by atoms with Gasteiger partial charge in [0.2, 0.25) is 0 Å². The zero-order chi connectivity index (χ0) is 21.9. The molecule has 1 unspecified atom stereocenters. The number of aryl methyl sites for hydroxylation is 1. The van der Waals surface area contributed by atoms with Crippen LogP contribution in [-0.2, 0) is 6.18 Å². The molecule has 0 aliphatic heterocycles. The summed E-state index contributed by atoms with van der Waals surface area (Å²) in [6.07, 6.45) is 3.77. The van der Waals surface area contributed by atoms with E-state index < -0.39 is 23.7 Å². The predicted molar refractivity (Wildman–Crippen MR) is 104 cm³/mol. The van der Waals surface area contributed by atoms with Crippen molar-refractivity contribution in [3.8, 4) is 18.2 Å². The van der Waals surface area contributed by atoms with E-state index in [0.717, 1.165) is 12.1 Å². The lowest BCUT2D eigenvalue weighted by Crippen LogP contribution is -2.35. The van der Waals surface area contributed by atoms with Gasteiger partial charge in [-0.2, -0.15) is 23.0 Å².